The maximum Gasteiger partial charge on any atom is 0.0934 e. The lowest BCUT2D eigenvalue weighted by atomic mass is 10.1. The fraction of sp³-hybridized carbons (Fsp3) is 0.357. The molecular weight excluding hydrogens is 290 g/mol. The van der Waals surface area contributed by atoms with Crippen LogP contribution >= 0.6 is 15.9 Å². The number of benzene rings is 1. The molecule has 1 fully saturated rings. The van der Waals surface area contributed by atoms with Crippen LogP contribution in [0.3, 0.4) is 0 Å². The van der Waals surface area contributed by atoms with E-state index in [4.69, 9.17) is 5.73 Å². The van der Waals surface area contributed by atoms with Crippen LogP contribution in [0.25, 0.3) is 10.9 Å². The van der Waals surface area contributed by atoms with Gasteiger partial charge < -0.3 is 11.1 Å². The second-order valence-electron chi connectivity index (χ2n) is 4.85. The minimum Gasteiger partial charge on any atom is -0.379 e. The molecule has 4 heteroatoms. The zero-order chi connectivity index (χ0) is 12.5. The van der Waals surface area contributed by atoms with Crippen molar-refractivity contribution in [3.63, 3.8) is 0 Å². The maximum atomic E-state index is 5.84. The van der Waals surface area contributed by atoms with E-state index >= 15 is 0 Å². The van der Waals surface area contributed by atoms with Gasteiger partial charge in [0.15, 0.2) is 0 Å². The number of nitrogens with one attached hydrogen (secondary N) is 1. The van der Waals surface area contributed by atoms with Crippen LogP contribution in [0.5, 0.6) is 0 Å². The van der Waals surface area contributed by atoms with Gasteiger partial charge in [-0.2, -0.15) is 0 Å². The molecule has 3 rings (SSSR count). The third-order valence-electron chi connectivity index (χ3n) is 3.46. The van der Waals surface area contributed by atoms with Crippen molar-refractivity contribution < 1.29 is 0 Å². The molecule has 0 spiro atoms. The number of aromatic nitrogens is 1. The van der Waals surface area contributed by atoms with Gasteiger partial charge in [-0.25, -0.2) is 0 Å². The molecule has 1 aliphatic rings. The number of rotatable bonds is 4. The fourth-order valence-corrected chi connectivity index (χ4v) is 2.67. The normalized spacial score (nSPS) is 16.8. The van der Waals surface area contributed by atoms with Gasteiger partial charge in [0.05, 0.1) is 11.2 Å². The van der Waals surface area contributed by atoms with Gasteiger partial charge in [0.1, 0.15) is 0 Å². The summed E-state index contributed by atoms with van der Waals surface area (Å²) in [7, 11) is 0. The zero-order valence-corrected chi connectivity index (χ0v) is 11.7. The van der Waals surface area contributed by atoms with E-state index in [1.807, 2.05) is 6.20 Å². The SMILES string of the molecule is NCC(Nc1cccc2cc(Br)cnc12)C1CC1. The highest BCUT2D eigenvalue weighted by molar-refractivity contribution is 9.10. The van der Waals surface area contributed by atoms with E-state index in [1.54, 1.807) is 0 Å². The first-order chi connectivity index (χ1) is 8.78. The number of nitrogens with two attached hydrogens (primary N) is 1. The Morgan fingerprint density at radius 1 is 1.44 bits per heavy atom. The second-order valence-corrected chi connectivity index (χ2v) is 5.77. The molecule has 1 unspecified atom stereocenters. The first-order valence-electron chi connectivity index (χ1n) is 6.29. The molecule has 18 heavy (non-hydrogen) atoms. The van der Waals surface area contributed by atoms with Crippen LogP contribution in [-0.2, 0) is 0 Å². The molecule has 2 aromatic rings. The average molecular weight is 306 g/mol. The Kier molecular flexibility index (Phi) is 3.22. The summed E-state index contributed by atoms with van der Waals surface area (Å²) >= 11 is 3.45. The van der Waals surface area contributed by atoms with E-state index in [1.165, 1.54) is 12.8 Å². The van der Waals surface area contributed by atoms with Crippen molar-refractivity contribution in [2.45, 2.75) is 18.9 Å². The lowest BCUT2D eigenvalue weighted by Gasteiger charge is -2.18. The van der Waals surface area contributed by atoms with Crippen molar-refractivity contribution in [3.8, 4) is 0 Å². The van der Waals surface area contributed by atoms with Gasteiger partial charge in [-0.1, -0.05) is 12.1 Å². The molecule has 0 amide bonds. The van der Waals surface area contributed by atoms with Gasteiger partial charge >= 0.3 is 0 Å². The van der Waals surface area contributed by atoms with Gasteiger partial charge in [-0.15, -0.1) is 0 Å². The molecule has 1 aromatic carbocycles. The summed E-state index contributed by atoms with van der Waals surface area (Å²) in [6, 6.07) is 8.67. The number of anilines is 1. The van der Waals surface area contributed by atoms with Crippen LogP contribution in [0, 0.1) is 5.92 Å². The molecular formula is C14H16BrN3. The van der Waals surface area contributed by atoms with Crippen molar-refractivity contribution in [3.05, 3.63) is 34.9 Å². The first-order valence-corrected chi connectivity index (χ1v) is 7.08. The molecule has 94 valence electrons. The number of nitrogens with zero attached hydrogens (tertiary/aromatic N) is 1. The monoisotopic (exact) mass is 305 g/mol. The fourth-order valence-electron chi connectivity index (χ4n) is 2.32. The Morgan fingerprint density at radius 3 is 3.00 bits per heavy atom. The second kappa shape index (κ2) is 4.86. The predicted octanol–water partition coefficient (Wildman–Crippen LogP) is 3.15. The van der Waals surface area contributed by atoms with Crippen LogP contribution in [0.2, 0.25) is 0 Å². The van der Waals surface area contributed by atoms with Crippen LogP contribution in [0.1, 0.15) is 12.8 Å². The molecule has 1 atom stereocenters. The van der Waals surface area contributed by atoms with E-state index in [2.05, 4.69) is 50.5 Å². The molecule has 1 aliphatic carbocycles. The summed E-state index contributed by atoms with van der Waals surface area (Å²) in [6.07, 6.45) is 4.42. The van der Waals surface area contributed by atoms with Crippen molar-refractivity contribution in [2.75, 3.05) is 11.9 Å². The molecule has 1 heterocycles. The Morgan fingerprint density at radius 2 is 2.28 bits per heavy atom. The number of fused-ring (bicyclic) bond motifs is 1. The standard InChI is InChI=1S/C14H16BrN3/c15-11-6-10-2-1-3-12(14(10)17-8-11)18-13(7-16)9-4-5-9/h1-3,6,8-9,13,18H,4-5,7,16H2. The maximum absolute atomic E-state index is 5.84. The highest BCUT2D eigenvalue weighted by Crippen LogP contribution is 2.35. The van der Waals surface area contributed by atoms with Crippen LogP contribution in [0.15, 0.2) is 34.9 Å². The van der Waals surface area contributed by atoms with Crippen molar-refractivity contribution >= 4 is 32.5 Å². The van der Waals surface area contributed by atoms with E-state index in [0.29, 0.717) is 12.6 Å². The third kappa shape index (κ3) is 2.35. The minimum atomic E-state index is 0.376. The Labute approximate surface area is 115 Å². The number of para-hydroxylation sites is 1. The molecule has 1 aromatic heterocycles. The smallest absolute Gasteiger partial charge is 0.0934 e. The summed E-state index contributed by atoms with van der Waals surface area (Å²) in [5.74, 6) is 0.737. The van der Waals surface area contributed by atoms with Gasteiger partial charge in [0.25, 0.3) is 0 Å². The Hall–Kier alpha value is -1.13. The third-order valence-corrected chi connectivity index (χ3v) is 3.90. The highest BCUT2D eigenvalue weighted by atomic mass is 79.9. The molecule has 3 nitrogen and oxygen atoms in total. The number of hydrogen-bond acceptors (Lipinski definition) is 3. The summed E-state index contributed by atoms with van der Waals surface area (Å²) in [4.78, 5) is 4.50. The van der Waals surface area contributed by atoms with Crippen LogP contribution < -0.4 is 11.1 Å². The van der Waals surface area contributed by atoms with Crippen LogP contribution in [0.4, 0.5) is 5.69 Å². The molecule has 0 saturated heterocycles. The molecule has 3 N–H and O–H groups in total. The van der Waals surface area contributed by atoms with Crippen molar-refractivity contribution in [1.29, 1.82) is 0 Å². The lowest BCUT2D eigenvalue weighted by Crippen LogP contribution is -2.30. The minimum absolute atomic E-state index is 0.376. The summed E-state index contributed by atoms with van der Waals surface area (Å²) in [6.45, 7) is 0.678. The molecule has 1 saturated carbocycles. The summed E-state index contributed by atoms with van der Waals surface area (Å²) < 4.78 is 1.00. The van der Waals surface area contributed by atoms with E-state index < -0.39 is 0 Å². The summed E-state index contributed by atoms with van der Waals surface area (Å²) in [5, 5.41) is 4.69. The first kappa shape index (κ1) is 11.9. The van der Waals surface area contributed by atoms with Gasteiger partial charge in [-0.05, 0) is 46.8 Å². The zero-order valence-electron chi connectivity index (χ0n) is 10.1. The van der Waals surface area contributed by atoms with Gasteiger partial charge in [-0.3, -0.25) is 4.98 Å². The Balaban J connectivity index is 1.95. The van der Waals surface area contributed by atoms with Crippen LogP contribution in [-0.4, -0.2) is 17.6 Å². The summed E-state index contributed by atoms with van der Waals surface area (Å²) in [5.41, 5.74) is 7.94. The van der Waals surface area contributed by atoms with E-state index in [-0.39, 0.29) is 0 Å². The Bertz CT molecular complexity index is 566. The van der Waals surface area contributed by atoms with E-state index in [9.17, 15) is 0 Å². The molecule has 0 aliphatic heterocycles. The average Bonchev–Trinajstić information content (AvgIpc) is 3.19. The van der Waals surface area contributed by atoms with Crippen molar-refractivity contribution in [2.24, 2.45) is 11.7 Å². The largest absolute Gasteiger partial charge is 0.379 e. The van der Waals surface area contributed by atoms with Gasteiger partial charge in [0.2, 0.25) is 0 Å². The number of pyridine rings is 1. The number of hydrogen-bond donors (Lipinski definition) is 2. The quantitative estimate of drug-likeness (QED) is 0.912. The number of halogens is 1. The van der Waals surface area contributed by atoms with E-state index in [0.717, 1.165) is 27.0 Å². The molecule has 0 radical (unpaired) electrons. The topological polar surface area (TPSA) is 50.9 Å². The predicted molar refractivity (Wildman–Crippen MR) is 78.6 cm³/mol. The molecule has 0 bridgehead atoms. The van der Waals surface area contributed by atoms with Crippen molar-refractivity contribution in [1.82, 2.24) is 4.98 Å². The lowest BCUT2D eigenvalue weighted by molar-refractivity contribution is 0.646. The highest BCUT2D eigenvalue weighted by Gasteiger charge is 2.30. The van der Waals surface area contributed by atoms with Gasteiger partial charge in [0, 0.05) is 28.6 Å².